The van der Waals surface area contributed by atoms with Gasteiger partial charge in [-0.25, -0.2) is 16.8 Å². The molecule has 0 fully saturated rings. The van der Waals surface area contributed by atoms with Crippen LogP contribution in [0.25, 0.3) is 0 Å². The van der Waals surface area contributed by atoms with Gasteiger partial charge in [0.25, 0.3) is 20.0 Å². The zero-order valence-corrected chi connectivity index (χ0v) is 15.7. The van der Waals surface area contributed by atoms with Gasteiger partial charge in [0.15, 0.2) is 0 Å². The second kappa shape index (κ2) is 6.66. The van der Waals surface area contributed by atoms with Gasteiger partial charge in [0.2, 0.25) is 0 Å². The lowest BCUT2D eigenvalue weighted by Crippen LogP contribution is -2.19. The minimum atomic E-state index is -3.59. The van der Waals surface area contributed by atoms with E-state index >= 15 is 0 Å². The molecule has 0 radical (unpaired) electrons. The van der Waals surface area contributed by atoms with Crippen LogP contribution in [0.5, 0.6) is 0 Å². The van der Waals surface area contributed by atoms with Crippen molar-refractivity contribution in [1.82, 2.24) is 0 Å². The van der Waals surface area contributed by atoms with Gasteiger partial charge in [-0.3, -0.25) is 0 Å². The Morgan fingerprint density at radius 1 is 0.913 bits per heavy atom. The normalized spacial score (nSPS) is 18.8. The Labute approximate surface area is 144 Å². The van der Waals surface area contributed by atoms with Gasteiger partial charge in [-0.05, 0) is 35.9 Å². The van der Waals surface area contributed by atoms with E-state index in [1.807, 2.05) is 0 Å². The number of nitrogens with zero attached hydrogens (tertiary/aromatic N) is 2. The monoisotopic (exact) mass is 418 g/mol. The molecule has 6 nitrogen and oxygen atoms in total. The summed E-state index contributed by atoms with van der Waals surface area (Å²) in [6, 6.07) is 6.82. The number of sulfonamides is 2. The van der Waals surface area contributed by atoms with Gasteiger partial charge < -0.3 is 0 Å². The lowest BCUT2D eigenvalue weighted by atomic mass is 9.94. The summed E-state index contributed by atoms with van der Waals surface area (Å²) in [5.74, 6) is -0.237. The fraction of sp³-hybridized carbons (Fsp3) is 0.286. The Balaban J connectivity index is 2.73. The number of hydrogen-bond acceptors (Lipinski definition) is 4. The van der Waals surface area contributed by atoms with Crippen molar-refractivity contribution in [2.24, 2.45) is 8.80 Å². The Kier molecular flexibility index (Phi) is 5.22. The van der Waals surface area contributed by atoms with Crippen molar-refractivity contribution < 1.29 is 16.8 Å². The molecule has 0 saturated heterocycles. The lowest BCUT2D eigenvalue weighted by molar-refractivity contribution is 0.597. The van der Waals surface area contributed by atoms with Crippen LogP contribution in [-0.2, 0) is 20.0 Å². The Morgan fingerprint density at radius 2 is 1.43 bits per heavy atom. The van der Waals surface area contributed by atoms with Crippen LogP contribution < -0.4 is 0 Å². The van der Waals surface area contributed by atoms with E-state index in [2.05, 4.69) is 24.7 Å². The molecule has 1 aromatic carbocycles. The molecule has 0 unspecified atom stereocenters. The van der Waals surface area contributed by atoms with Crippen LogP contribution in [-0.4, -0.2) is 39.8 Å². The third-order valence-corrected chi connectivity index (χ3v) is 6.14. The molecule has 2 rings (SSSR count). The molecule has 1 aliphatic rings. The van der Waals surface area contributed by atoms with Crippen molar-refractivity contribution in [2.75, 3.05) is 11.5 Å². The summed E-state index contributed by atoms with van der Waals surface area (Å²) in [4.78, 5) is 0. The highest BCUT2D eigenvalue weighted by Crippen LogP contribution is 2.27. The van der Waals surface area contributed by atoms with Crippen LogP contribution in [0.4, 0.5) is 0 Å². The van der Waals surface area contributed by atoms with Gasteiger partial charge >= 0.3 is 0 Å². The lowest BCUT2D eigenvalue weighted by Gasteiger charge is -2.17. The number of rotatable bonds is 4. The van der Waals surface area contributed by atoms with Gasteiger partial charge in [0.05, 0.1) is 22.9 Å². The Hall–Kier alpha value is -1.32. The van der Waals surface area contributed by atoms with Crippen molar-refractivity contribution in [2.45, 2.75) is 13.8 Å². The molecule has 1 aliphatic carbocycles. The second-order valence-electron chi connectivity index (χ2n) is 4.70. The highest BCUT2D eigenvalue weighted by Gasteiger charge is 2.24. The first-order valence-electron chi connectivity index (χ1n) is 6.81. The van der Waals surface area contributed by atoms with E-state index in [-0.39, 0.29) is 22.9 Å². The van der Waals surface area contributed by atoms with E-state index in [0.29, 0.717) is 15.6 Å². The molecular weight excluding hydrogens is 404 g/mol. The summed E-state index contributed by atoms with van der Waals surface area (Å²) in [5, 5.41) is 0. The van der Waals surface area contributed by atoms with Crippen LogP contribution in [0, 0.1) is 0 Å². The summed E-state index contributed by atoms with van der Waals surface area (Å²) >= 11 is 3.27. The summed E-state index contributed by atoms with van der Waals surface area (Å²) in [5.41, 5.74) is 1.54. The van der Waals surface area contributed by atoms with E-state index in [0.717, 1.165) is 0 Å². The van der Waals surface area contributed by atoms with E-state index in [1.54, 1.807) is 24.3 Å². The number of halogens is 1. The number of benzene rings is 1. The molecule has 0 heterocycles. The SMILES string of the molecule is CCS(=O)(=O)N=C1C=C(Br)C(=NS(=O)(=O)CC)c2ccccc21. The zero-order valence-electron chi connectivity index (χ0n) is 12.5. The van der Waals surface area contributed by atoms with Crippen molar-refractivity contribution >= 4 is 47.4 Å². The van der Waals surface area contributed by atoms with Crippen molar-refractivity contribution in [1.29, 1.82) is 0 Å². The predicted molar refractivity (Wildman–Crippen MR) is 95.4 cm³/mol. The van der Waals surface area contributed by atoms with Crippen LogP contribution >= 0.6 is 15.9 Å². The van der Waals surface area contributed by atoms with Crippen LogP contribution in [0.1, 0.15) is 25.0 Å². The largest absolute Gasteiger partial charge is 0.253 e. The average Bonchev–Trinajstić information content (AvgIpc) is 2.51. The molecule has 0 aromatic heterocycles. The van der Waals surface area contributed by atoms with Crippen molar-refractivity contribution in [3.8, 4) is 0 Å². The molecule has 9 heteroatoms. The molecule has 0 spiro atoms. The molecule has 0 amide bonds. The number of allylic oxidation sites excluding steroid dienone is 2. The van der Waals surface area contributed by atoms with Gasteiger partial charge in [0, 0.05) is 15.6 Å². The minimum Gasteiger partial charge on any atom is -0.205 e. The van der Waals surface area contributed by atoms with Gasteiger partial charge in [0.1, 0.15) is 0 Å². The summed E-state index contributed by atoms with van der Waals surface area (Å²) in [7, 11) is -7.17. The van der Waals surface area contributed by atoms with Crippen LogP contribution in [0.15, 0.2) is 43.6 Å². The number of hydrogen-bond donors (Lipinski definition) is 0. The molecule has 23 heavy (non-hydrogen) atoms. The smallest absolute Gasteiger partial charge is 0.205 e. The first kappa shape index (κ1) is 18.0. The third kappa shape index (κ3) is 4.15. The first-order chi connectivity index (χ1) is 10.7. The molecule has 0 aliphatic heterocycles. The fourth-order valence-corrected chi connectivity index (χ4v) is 3.71. The predicted octanol–water partition coefficient (Wildman–Crippen LogP) is 2.26. The Bertz CT molecular complexity index is 929. The van der Waals surface area contributed by atoms with Crippen molar-refractivity contribution in [3.63, 3.8) is 0 Å². The molecule has 0 N–H and O–H groups in total. The topological polar surface area (TPSA) is 93.0 Å². The Morgan fingerprint density at radius 3 is 2.00 bits per heavy atom. The molecule has 1 aromatic rings. The van der Waals surface area contributed by atoms with Crippen LogP contribution in [0.2, 0.25) is 0 Å². The maximum absolute atomic E-state index is 11.8. The summed E-state index contributed by atoms with van der Waals surface area (Å²) in [6.07, 6.45) is 1.47. The maximum atomic E-state index is 11.8. The van der Waals surface area contributed by atoms with Gasteiger partial charge in [-0.1, -0.05) is 24.3 Å². The zero-order chi connectivity index (χ0) is 17.3. The van der Waals surface area contributed by atoms with E-state index in [1.165, 1.54) is 19.9 Å². The van der Waals surface area contributed by atoms with Crippen molar-refractivity contribution in [3.05, 3.63) is 46.0 Å². The molecule has 0 saturated carbocycles. The van der Waals surface area contributed by atoms with Crippen LogP contribution in [0.3, 0.4) is 0 Å². The fourth-order valence-electron chi connectivity index (χ4n) is 1.89. The summed E-state index contributed by atoms with van der Waals surface area (Å²) in [6.45, 7) is 3.01. The highest BCUT2D eigenvalue weighted by molar-refractivity contribution is 9.12. The van der Waals surface area contributed by atoms with E-state index in [4.69, 9.17) is 0 Å². The van der Waals surface area contributed by atoms with E-state index < -0.39 is 20.0 Å². The summed E-state index contributed by atoms with van der Waals surface area (Å²) < 4.78 is 55.2. The molecule has 0 bridgehead atoms. The minimum absolute atomic E-state index is 0.116. The standard InChI is InChI=1S/C14H15BrN2O4S2/c1-3-22(18,19)16-13-9-12(15)14(17-23(20,21)4-2)11-8-6-5-7-10(11)13/h5-9H,3-4H2,1-2H3. The highest BCUT2D eigenvalue weighted by atomic mass is 79.9. The molecule has 124 valence electrons. The van der Waals surface area contributed by atoms with Gasteiger partial charge in [-0.15, -0.1) is 0 Å². The third-order valence-electron chi connectivity index (χ3n) is 3.15. The molecule has 0 atom stereocenters. The average molecular weight is 419 g/mol. The second-order valence-corrected chi connectivity index (χ2v) is 9.40. The van der Waals surface area contributed by atoms with E-state index in [9.17, 15) is 16.8 Å². The number of fused-ring (bicyclic) bond motifs is 1. The molecular formula is C14H15BrN2O4S2. The quantitative estimate of drug-likeness (QED) is 0.748. The van der Waals surface area contributed by atoms with Gasteiger partial charge in [-0.2, -0.15) is 8.80 Å². The first-order valence-corrected chi connectivity index (χ1v) is 10.8. The maximum Gasteiger partial charge on any atom is 0.253 e.